The van der Waals surface area contributed by atoms with Crippen molar-refractivity contribution in [2.45, 2.75) is 58.2 Å². The van der Waals surface area contributed by atoms with Crippen LogP contribution in [0.5, 0.6) is 0 Å². The van der Waals surface area contributed by atoms with E-state index < -0.39 is 0 Å². The molecule has 0 N–H and O–H groups in total. The second-order valence-corrected chi connectivity index (χ2v) is 6.75. The van der Waals surface area contributed by atoms with Crippen molar-refractivity contribution in [3.05, 3.63) is 18.0 Å². The highest BCUT2D eigenvalue weighted by atomic mass is 16.2. The number of aromatic nitrogens is 2. The van der Waals surface area contributed by atoms with Gasteiger partial charge in [-0.3, -0.25) is 14.4 Å². The summed E-state index contributed by atoms with van der Waals surface area (Å²) in [6, 6.07) is 1.53. The van der Waals surface area contributed by atoms with Crippen molar-refractivity contribution in [2.24, 2.45) is 0 Å². The van der Waals surface area contributed by atoms with E-state index in [0.29, 0.717) is 23.7 Å². The van der Waals surface area contributed by atoms with Crippen LogP contribution in [0, 0.1) is 0 Å². The molecule has 2 aliphatic heterocycles. The van der Waals surface area contributed by atoms with Crippen LogP contribution < -0.4 is 0 Å². The normalized spacial score (nSPS) is 24.4. The molecule has 1 amide bonds. The van der Waals surface area contributed by atoms with Gasteiger partial charge in [-0.2, -0.15) is 5.10 Å². The van der Waals surface area contributed by atoms with Gasteiger partial charge in [0.15, 0.2) is 0 Å². The van der Waals surface area contributed by atoms with Gasteiger partial charge in [0.05, 0.1) is 11.8 Å². The quantitative estimate of drug-likeness (QED) is 0.856. The summed E-state index contributed by atoms with van der Waals surface area (Å²) in [4.78, 5) is 17.0. The predicted molar refractivity (Wildman–Crippen MR) is 82.3 cm³/mol. The highest BCUT2D eigenvalue weighted by Crippen LogP contribution is 2.25. The molecule has 1 aromatic heterocycles. The van der Waals surface area contributed by atoms with E-state index in [9.17, 15) is 4.79 Å². The van der Waals surface area contributed by atoms with Crippen LogP contribution in [0.4, 0.5) is 0 Å². The van der Waals surface area contributed by atoms with Crippen LogP contribution in [0.1, 0.15) is 56.4 Å². The molecular weight excluding hydrogens is 264 g/mol. The molecule has 1 atom stereocenters. The van der Waals surface area contributed by atoms with Crippen molar-refractivity contribution in [3.8, 4) is 0 Å². The van der Waals surface area contributed by atoms with Crippen LogP contribution >= 0.6 is 0 Å². The summed E-state index contributed by atoms with van der Waals surface area (Å²) >= 11 is 0. The van der Waals surface area contributed by atoms with Crippen LogP contribution in [0.2, 0.25) is 0 Å². The summed E-state index contributed by atoms with van der Waals surface area (Å²) in [5, 5.41) is 4.26. The molecule has 0 aliphatic carbocycles. The minimum atomic E-state index is 0.128. The van der Waals surface area contributed by atoms with Crippen molar-refractivity contribution in [1.82, 2.24) is 19.6 Å². The fourth-order valence-electron chi connectivity index (χ4n) is 3.41. The first-order valence-electron chi connectivity index (χ1n) is 8.15. The highest BCUT2D eigenvalue weighted by molar-refractivity contribution is 5.94. The largest absolute Gasteiger partial charge is 0.335 e. The van der Waals surface area contributed by atoms with E-state index >= 15 is 0 Å². The van der Waals surface area contributed by atoms with Gasteiger partial charge >= 0.3 is 0 Å². The standard InChI is InChI=1S/C16H26N4O/c1-12(2)20-9-14(8-17-20)16(21)18-10-15(11-18)19-7-5-4-6-13(19)3/h8-9,12-13,15H,4-7,10-11H2,1-3H3/t13-/m1/s1. The van der Waals surface area contributed by atoms with E-state index in [1.54, 1.807) is 6.20 Å². The molecule has 3 heterocycles. The van der Waals surface area contributed by atoms with Gasteiger partial charge in [-0.1, -0.05) is 6.42 Å². The van der Waals surface area contributed by atoms with Crippen LogP contribution in [0.3, 0.4) is 0 Å². The summed E-state index contributed by atoms with van der Waals surface area (Å²) < 4.78 is 1.84. The van der Waals surface area contributed by atoms with E-state index in [1.807, 2.05) is 15.8 Å². The summed E-state index contributed by atoms with van der Waals surface area (Å²) in [6.45, 7) is 9.39. The lowest BCUT2D eigenvalue weighted by Crippen LogP contribution is -2.63. The maximum Gasteiger partial charge on any atom is 0.257 e. The van der Waals surface area contributed by atoms with Gasteiger partial charge in [-0.05, 0) is 40.2 Å². The van der Waals surface area contributed by atoms with Gasteiger partial charge in [0.1, 0.15) is 0 Å². The molecular formula is C16H26N4O. The number of hydrogen-bond acceptors (Lipinski definition) is 3. The molecule has 0 radical (unpaired) electrons. The third-order valence-corrected chi connectivity index (χ3v) is 4.85. The minimum absolute atomic E-state index is 0.128. The van der Waals surface area contributed by atoms with Crippen LogP contribution in [0.25, 0.3) is 0 Å². The Hall–Kier alpha value is -1.36. The molecule has 0 unspecified atom stereocenters. The van der Waals surface area contributed by atoms with E-state index in [4.69, 9.17) is 0 Å². The molecule has 116 valence electrons. The number of hydrogen-bond donors (Lipinski definition) is 0. The number of likely N-dealkylation sites (tertiary alicyclic amines) is 2. The fourth-order valence-corrected chi connectivity index (χ4v) is 3.41. The Morgan fingerprint density at radius 3 is 2.71 bits per heavy atom. The zero-order chi connectivity index (χ0) is 15.0. The Kier molecular flexibility index (Phi) is 4.02. The monoisotopic (exact) mass is 290 g/mol. The van der Waals surface area contributed by atoms with Gasteiger partial charge in [0.2, 0.25) is 0 Å². The fraction of sp³-hybridized carbons (Fsp3) is 0.750. The number of piperidine rings is 1. The lowest BCUT2D eigenvalue weighted by Gasteiger charge is -2.49. The number of rotatable bonds is 3. The summed E-state index contributed by atoms with van der Waals surface area (Å²) in [7, 11) is 0. The second-order valence-electron chi connectivity index (χ2n) is 6.75. The SMILES string of the molecule is CC(C)n1cc(C(=O)N2CC(N3CCCC[C@H]3C)C2)cn1. The zero-order valence-electron chi connectivity index (χ0n) is 13.3. The Labute approximate surface area is 126 Å². The maximum atomic E-state index is 12.4. The van der Waals surface area contributed by atoms with Crippen molar-refractivity contribution >= 4 is 5.91 Å². The molecule has 2 saturated heterocycles. The lowest BCUT2D eigenvalue weighted by molar-refractivity contribution is 0.00212. The number of nitrogens with zero attached hydrogens (tertiary/aromatic N) is 4. The van der Waals surface area contributed by atoms with Crippen LogP contribution in [0.15, 0.2) is 12.4 Å². The molecule has 2 aliphatic rings. The Bertz CT molecular complexity index is 504. The molecule has 0 aromatic carbocycles. The van der Waals surface area contributed by atoms with Crippen LogP contribution in [-0.4, -0.2) is 57.2 Å². The minimum Gasteiger partial charge on any atom is -0.335 e. The predicted octanol–water partition coefficient (Wildman–Crippen LogP) is 2.16. The van der Waals surface area contributed by atoms with Gasteiger partial charge in [0.25, 0.3) is 5.91 Å². The molecule has 21 heavy (non-hydrogen) atoms. The van der Waals surface area contributed by atoms with Gasteiger partial charge in [-0.15, -0.1) is 0 Å². The van der Waals surface area contributed by atoms with Crippen molar-refractivity contribution in [3.63, 3.8) is 0 Å². The molecule has 1 aromatic rings. The number of carbonyl (C=O) groups excluding carboxylic acids is 1. The number of amides is 1. The average molecular weight is 290 g/mol. The first-order chi connectivity index (χ1) is 10.1. The van der Waals surface area contributed by atoms with Crippen LogP contribution in [-0.2, 0) is 0 Å². The first kappa shape index (κ1) is 14.6. The third-order valence-electron chi connectivity index (χ3n) is 4.85. The second kappa shape index (κ2) is 5.79. The summed E-state index contributed by atoms with van der Waals surface area (Å²) in [5.74, 6) is 0.128. The van der Waals surface area contributed by atoms with Gasteiger partial charge in [0, 0.05) is 37.4 Å². The molecule has 3 rings (SSSR count). The average Bonchev–Trinajstić information content (AvgIpc) is 2.89. The molecule has 2 fully saturated rings. The Morgan fingerprint density at radius 2 is 2.10 bits per heavy atom. The molecule has 5 heteroatoms. The summed E-state index contributed by atoms with van der Waals surface area (Å²) in [6.07, 6.45) is 7.51. The van der Waals surface area contributed by atoms with Gasteiger partial charge in [-0.25, -0.2) is 0 Å². The lowest BCUT2D eigenvalue weighted by atomic mass is 9.97. The van der Waals surface area contributed by atoms with E-state index in [0.717, 1.165) is 13.1 Å². The molecule has 0 spiro atoms. The first-order valence-corrected chi connectivity index (χ1v) is 8.15. The summed E-state index contributed by atoms with van der Waals surface area (Å²) in [5.41, 5.74) is 0.717. The molecule has 0 saturated carbocycles. The maximum absolute atomic E-state index is 12.4. The molecule has 0 bridgehead atoms. The highest BCUT2D eigenvalue weighted by Gasteiger charge is 2.37. The zero-order valence-corrected chi connectivity index (χ0v) is 13.3. The number of carbonyl (C=O) groups is 1. The molecule has 5 nitrogen and oxygen atoms in total. The smallest absolute Gasteiger partial charge is 0.257 e. The van der Waals surface area contributed by atoms with Crippen molar-refractivity contribution < 1.29 is 4.79 Å². The topological polar surface area (TPSA) is 41.4 Å². The Balaban J connectivity index is 1.56. The van der Waals surface area contributed by atoms with Crippen molar-refractivity contribution in [1.29, 1.82) is 0 Å². The van der Waals surface area contributed by atoms with E-state index in [-0.39, 0.29) is 5.91 Å². The Morgan fingerprint density at radius 1 is 1.33 bits per heavy atom. The third kappa shape index (κ3) is 2.84. The van der Waals surface area contributed by atoms with Gasteiger partial charge < -0.3 is 4.90 Å². The van der Waals surface area contributed by atoms with Crippen molar-refractivity contribution in [2.75, 3.05) is 19.6 Å². The van der Waals surface area contributed by atoms with E-state index in [2.05, 4.69) is 30.8 Å². The van der Waals surface area contributed by atoms with E-state index in [1.165, 1.54) is 25.8 Å².